The topological polar surface area (TPSA) is 115 Å². The Balaban J connectivity index is 1.83. The molecule has 0 aromatic heterocycles. The smallest absolute Gasteiger partial charge is 0.347 e. The highest BCUT2D eigenvalue weighted by molar-refractivity contribution is 6.06. The van der Waals surface area contributed by atoms with Crippen molar-refractivity contribution in [1.29, 1.82) is 5.26 Å². The van der Waals surface area contributed by atoms with Crippen molar-refractivity contribution in [3.05, 3.63) is 59.7 Å². The number of esters is 1. The largest absolute Gasteiger partial charge is 0.496 e. The van der Waals surface area contributed by atoms with E-state index in [1.807, 2.05) is 6.07 Å². The molecule has 8 heteroatoms. The normalized spacial score (nSPS) is 10.9. The number of hydrogen-bond acceptors (Lipinski definition) is 7. The van der Waals surface area contributed by atoms with E-state index in [0.717, 1.165) is 0 Å². The molecule has 0 aliphatic carbocycles. The van der Waals surface area contributed by atoms with Crippen LogP contribution in [0.25, 0.3) is 0 Å². The lowest BCUT2D eigenvalue weighted by Crippen LogP contribution is -2.36. The Hall–Kier alpha value is -3.86. The Morgan fingerprint density at radius 2 is 1.79 bits per heavy atom. The van der Waals surface area contributed by atoms with Crippen LogP contribution in [0.3, 0.4) is 0 Å². The zero-order valence-corrected chi connectivity index (χ0v) is 15.3. The van der Waals surface area contributed by atoms with Crippen LogP contribution in [0.1, 0.15) is 22.8 Å². The van der Waals surface area contributed by atoms with Crippen molar-refractivity contribution in [2.45, 2.75) is 13.0 Å². The van der Waals surface area contributed by atoms with Gasteiger partial charge in [0.15, 0.2) is 12.7 Å². The Morgan fingerprint density at radius 3 is 2.43 bits per heavy atom. The molecule has 0 fully saturated rings. The molecule has 8 nitrogen and oxygen atoms in total. The van der Waals surface area contributed by atoms with Crippen molar-refractivity contribution < 1.29 is 28.6 Å². The fraction of sp³-hybridized carbons (Fsp3) is 0.200. The minimum atomic E-state index is -0.981. The molecule has 1 atom stereocenters. The summed E-state index contributed by atoms with van der Waals surface area (Å²) >= 11 is 0. The fourth-order valence-electron chi connectivity index (χ4n) is 2.18. The number of methoxy groups -OCH3 is 1. The van der Waals surface area contributed by atoms with Crippen molar-refractivity contribution in [3.8, 4) is 17.6 Å². The van der Waals surface area contributed by atoms with Gasteiger partial charge in [-0.25, -0.2) is 4.79 Å². The molecule has 144 valence electrons. The van der Waals surface area contributed by atoms with Gasteiger partial charge in [0.2, 0.25) is 0 Å². The van der Waals surface area contributed by atoms with Crippen LogP contribution in [-0.2, 0) is 14.3 Å². The summed E-state index contributed by atoms with van der Waals surface area (Å²) in [5.74, 6) is -1.53. The van der Waals surface area contributed by atoms with Gasteiger partial charge in [-0.05, 0) is 43.3 Å². The average Bonchev–Trinajstić information content (AvgIpc) is 2.72. The van der Waals surface area contributed by atoms with Crippen molar-refractivity contribution in [2.24, 2.45) is 0 Å². The second-order valence-electron chi connectivity index (χ2n) is 5.58. The standard InChI is InChI=1S/C20H18N2O6/c1-13(28-15-9-7-14(11-21)8-10-15)20(25)27-12-18(23)22-19(24)16-5-3-4-6-17(16)26-2/h3-10,13H,12H2,1-2H3,(H,22,23,24)/t13-/m1/s1. The molecule has 0 saturated carbocycles. The Kier molecular flexibility index (Phi) is 7.11. The summed E-state index contributed by atoms with van der Waals surface area (Å²) < 4.78 is 15.3. The van der Waals surface area contributed by atoms with Crippen LogP contribution in [0.4, 0.5) is 0 Å². The molecule has 0 aliphatic rings. The Labute approximate surface area is 161 Å². The summed E-state index contributed by atoms with van der Waals surface area (Å²) in [7, 11) is 1.41. The second kappa shape index (κ2) is 9.73. The quantitative estimate of drug-likeness (QED) is 0.727. The number of hydrogen-bond donors (Lipinski definition) is 1. The zero-order valence-electron chi connectivity index (χ0n) is 15.3. The number of carbonyl (C=O) groups excluding carboxylic acids is 3. The van der Waals surface area contributed by atoms with Crippen molar-refractivity contribution in [2.75, 3.05) is 13.7 Å². The SMILES string of the molecule is COc1ccccc1C(=O)NC(=O)COC(=O)[C@@H](C)Oc1ccc(C#N)cc1. The van der Waals surface area contributed by atoms with Crippen molar-refractivity contribution in [1.82, 2.24) is 5.32 Å². The van der Waals surface area contributed by atoms with E-state index in [1.165, 1.54) is 20.1 Å². The highest BCUT2D eigenvalue weighted by Crippen LogP contribution is 2.17. The van der Waals surface area contributed by atoms with Gasteiger partial charge in [0.05, 0.1) is 24.3 Å². The van der Waals surface area contributed by atoms with Crippen molar-refractivity contribution >= 4 is 17.8 Å². The van der Waals surface area contributed by atoms with Crippen LogP contribution in [0.2, 0.25) is 0 Å². The molecule has 0 radical (unpaired) electrons. The minimum Gasteiger partial charge on any atom is -0.496 e. The van der Waals surface area contributed by atoms with Crippen molar-refractivity contribution in [3.63, 3.8) is 0 Å². The third kappa shape index (κ3) is 5.57. The highest BCUT2D eigenvalue weighted by Gasteiger charge is 2.20. The van der Waals surface area contributed by atoms with Gasteiger partial charge in [-0.2, -0.15) is 5.26 Å². The van der Waals surface area contributed by atoms with Crippen LogP contribution in [0.15, 0.2) is 48.5 Å². The lowest BCUT2D eigenvalue weighted by molar-refractivity contribution is -0.154. The molecule has 0 saturated heterocycles. The van der Waals surface area contributed by atoms with Gasteiger partial charge in [0, 0.05) is 0 Å². The van der Waals surface area contributed by atoms with Gasteiger partial charge < -0.3 is 14.2 Å². The Bertz CT molecular complexity index is 902. The van der Waals surface area contributed by atoms with Gasteiger partial charge in [-0.1, -0.05) is 12.1 Å². The van der Waals surface area contributed by atoms with E-state index in [1.54, 1.807) is 42.5 Å². The molecular weight excluding hydrogens is 364 g/mol. The average molecular weight is 382 g/mol. The number of para-hydroxylation sites is 1. The second-order valence-corrected chi connectivity index (χ2v) is 5.58. The first kappa shape index (κ1) is 20.5. The summed E-state index contributed by atoms with van der Waals surface area (Å²) in [5.41, 5.74) is 0.640. The van der Waals surface area contributed by atoms with E-state index in [-0.39, 0.29) is 5.56 Å². The Morgan fingerprint density at radius 1 is 1.11 bits per heavy atom. The monoisotopic (exact) mass is 382 g/mol. The predicted molar refractivity (Wildman–Crippen MR) is 97.7 cm³/mol. The fourth-order valence-corrected chi connectivity index (χ4v) is 2.18. The molecule has 2 amide bonds. The molecule has 28 heavy (non-hydrogen) atoms. The summed E-state index contributed by atoms with van der Waals surface area (Å²) in [4.78, 5) is 35.9. The molecular formula is C20H18N2O6. The first-order valence-corrected chi connectivity index (χ1v) is 8.25. The van der Waals surface area contributed by atoms with E-state index in [0.29, 0.717) is 17.1 Å². The number of amides is 2. The van der Waals surface area contributed by atoms with E-state index in [9.17, 15) is 14.4 Å². The molecule has 0 unspecified atom stereocenters. The van der Waals surface area contributed by atoms with Gasteiger partial charge in [0.1, 0.15) is 11.5 Å². The van der Waals surface area contributed by atoms with Crippen LogP contribution in [0.5, 0.6) is 11.5 Å². The van der Waals surface area contributed by atoms with Gasteiger partial charge in [0.25, 0.3) is 11.8 Å². The highest BCUT2D eigenvalue weighted by atomic mass is 16.6. The summed E-state index contributed by atoms with van der Waals surface area (Å²) in [6, 6.07) is 14.6. The number of benzene rings is 2. The number of nitrogens with one attached hydrogen (secondary N) is 1. The molecule has 2 aromatic carbocycles. The number of rotatable bonds is 7. The molecule has 2 rings (SSSR count). The summed E-state index contributed by atoms with van der Waals surface area (Å²) in [6.07, 6.45) is -0.981. The lowest BCUT2D eigenvalue weighted by Gasteiger charge is -2.14. The molecule has 0 spiro atoms. The van der Waals surface area contributed by atoms with E-state index in [4.69, 9.17) is 19.5 Å². The van der Waals surface area contributed by atoms with Gasteiger partial charge in [-0.3, -0.25) is 14.9 Å². The van der Waals surface area contributed by atoms with E-state index >= 15 is 0 Å². The zero-order chi connectivity index (χ0) is 20.5. The first-order valence-electron chi connectivity index (χ1n) is 8.25. The van der Waals surface area contributed by atoms with Crippen LogP contribution in [0, 0.1) is 11.3 Å². The van der Waals surface area contributed by atoms with Crippen LogP contribution >= 0.6 is 0 Å². The minimum absolute atomic E-state index is 0.183. The molecule has 0 aliphatic heterocycles. The number of ether oxygens (including phenoxy) is 3. The number of imide groups is 1. The predicted octanol–water partition coefficient (Wildman–Crippen LogP) is 1.83. The third-order valence-electron chi connectivity index (χ3n) is 3.58. The number of nitrogens with zero attached hydrogens (tertiary/aromatic N) is 1. The number of nitriles is 1. The van der Waals surface area contributed by atoms with E-state index in [2.05, 4.69) is 5.32 Å². The van der Waals surface area contributed by atoms with E-state index < -0.39 is 30.5 Å². The summed E-state index contributed by atoms with van der Waals surface area (Å²) in [6.45, 7) is 0.819. The molecule has 1 N–H and O–H groups in total. The molecule has 0 heterocycles. The third-order valence-corrected chi connectivity index (χ3v) is 3.58. The maximum absolute atomic E-state index is 12.1. The van der Waals surface area contributed by atoms with Gasteiger partial charge >= 0.3 is 5.97 Å². The summed E-state index contributed by atoms with van der Waals surface area (Å²) in [5, 5.41) is 10.9. The maximum Gasteiger partial charge on any atom is 0.347 e. The van der Waals surface area contributed by atoms with Crippen LogP contribution in [-0.4, -0.2) is 37.6 Å². The van der Waals surface area contributed by atoms with Gasteiger partial charge in [-0.15, -0.1) is 0 Å². The number of carbonyl (C=O) groups is 3. The first-order chi connectivity index (χ1) is 13.4. The van der Waals surface area contributed by atoms with Crippen LogP contribution < -0.4 is 14.8 Å². The molecule has 2 aromatic rings. The lowest BCUT2D eigenvalue weighted by atomic mass is 10.2. The molecule has 0 bridgehead atoms. The maximum atomic E-state index is 12.1.